The third-order valence-corrected chi connectivity index (χ3v) is 3.31. The molecule has 1 aromatic carbocycles. The molecule has 0 fully saturated rings. The highest BCUT2D eigenvalue weighted by molar-refractivity contribution is 6.27. The van der Waals surface area contributed by atoms with Gasteiger partial charge in [-0.15, -0.1) is 11.6 Å². The number of nitrogens with one attached hydrogen (secondary N) is 1. The summed E-state index contributed by atoms with van der Waals surface area (Å²) >= 11 is 5.54. The van der Waals surface area contributed by atoms with Crippen molar-refractivity contribution in [2.45, 2.75) is 39.7 Å². The van der Waals surface area contributed by atoms with Crippen LogP contribution in [0.3, 0.4) is 0 Å². The molecule has 0 aromatic heterocycles. The lowest BCUT2D eigenvalue weighted by Crippen LogP contribution is -2.32. The molecule has 18 heavy (non-hydrogen) atoms. The second-order valence-electron chi connectivity index (χ2n) is 5.24. The second kappa shape index (κ2) is 6.79. The van der Waals surface area contributed by atoms with Crippen LogP contribution in [0.1, 0.15) is 50.8 Å². The van der Waals surface area contributed by atoms with Gasteiger partial charge >= 0.3 is 0 Å². The number of alkyl halides is 1. The average molecular weight is 268 g/mol. The third-order valence-electron chi connectivity index (χ3n) is 3.07. The van der Waals surface area contributed by atoms with Gasteiger partial charge in [-0.25, -0.2) is 0 Å². The molecule has 0 saturated heterocycles. The molecular weight excluding hydrogens is 246 g/mol. The topological polar surface area (TPSA) is 29.1 Å². The molecule has 0 aliphatic rings. The van der Waals surface area contributed by atoms with Gasteiger partial charge < -0.3 is 5.32 Å². The number of rotatable bonds is 5. The van der Waals surface area contributed by atoms with Crippen molar-refractivity contribution in [3.8, 4) is 0 Å². The Hall–Kier alpha value is -1.02. The van der Waals surface area contributed by atoms with E-state index in [1.165, 1.54) is 5.56 Å². The summed E-state index contributed by atoms with van der Waals surface area (Å²) < 4.78 is 0. The van der Waals surface area contributed by atoms with Gasteiger partial charge in [-0.3, -0.25) is 4.79 Å². The number of amides is 1. The van der Waals surface area contributed by atoms with Crippen LogP contribution < -0.4 is 5.32 Å². The van der Waals surface area contributed by atoms with Crippen molar-refractivity contribution >= 4 is 17.5 Å². The minimum atomic E-state index is -0.122. The first-order chi connectivity index (χ1) is 8.45. The fourth-order valence-corrected chi connectivity index (χ4v) is 2.01. The minimum absolute atomic E-state index is 0.00724. The molecule has 1 amide bonds. The molecule has 3 heteroatoms. The maximum Gasteiger partial charge on any atom is 0.235 e. The lowest BCUT2D eigenvalue weighted by atomic mass is 9.93. The van der Waals surface area contributed by atoms with Crippen LogP contribution in [0.5, 0.6) is 0 Å². The van der Waals surface area contributed by atoms with Gasteiger partial charge in [0.1, 0.15) is 5.88 Å². The molecule has 100 valence electrons. The van der Waals surface area contributed by atoms with Crippen molar-refractivity contribution in [1.29, 1.82) is 0 Å². The van der Waals surface area contributed by atoms with E-state index in [-0.39, 0.29) is 17.8 Å². The predicted molar refractivity (Wildman–Crippen MR) is 77.0 cm³/mol. The summed E-state index contributed by atoms with van der Waals surface area (Å²) in [4.78, 5) is 11.4. The first-order valence-electron chi connectivity index (χ1n) is 6.41. The van der Waals surface area contributed by atoms with Crippen LogP contribution >= 0.6 is 11.6 Å². The number of halogens is 1. The van der Waals surface area contributed by atoms with E-state index in [4.69, 9.17) is 11.6 Å². The number of benzene rings is 1. The van der Waals surface area contributed by atoms with Gasteiger partial charge in [-0.05, 0) is 23.0 Å². The summed E-state index contributed by atoms with van der Waals surface area (Å²) in [6, 6.07) is 8.46. The average Bonchev–Trinajstić information content (AvgIpc) is 2.35. The number of hydrogen-bond donors (Lipinski definition) is 1. The Bertz CT molecular complexity index is 384. The summed E-state index contributed by atoms with van der Waals surface area (Å²) in [5.41, 5.74) is 2.44. The van der Waals surface area contributed by atoms with E-state index < -0.39 is 0 Å². The van der Waals surface area contributed by atoms with Crippen molar-refractivity contribution in [1.82, 2.24) is 5.32 Å². The predicted octanol–water partition coefficient (Wildman–Crippen LogP) is 3.86. The summed E-state index contributed by atoms with van der Waals surface area (Å²) in [5, 5.41) is 2.96. The Kier molecular flexibility index (Phi) is 5.67. The SMILES string of the molecule is CC(C)c1ccc([C@@H](NC(=O)CCl)C(C)C)cc1. The highest BCUT2D eigenvalue weighted by atomic mass is 35.5. The lowest BCUT2D eigenvalue weighted by Gasteiger charge is -2.23. The van der Waals surface area contributed by atoms with Gasteiger partial charge in [0.25, 0.3) is 0 Å². The maximum absolute atomic E-state index is 11.4. The fraction of sp³-hybridized carbons (Fsp3) is 0.533. The molecule has 0 unspecified atom stereocenters. The van der Waals surface area contributed by atoms with Gasteiger partial charge in [-0.1, -0.05) is 52.0 Å². The summed E-state index contributed by atoms with van der Waals surface area (Å²) in [6.07, 6.45) is 0. The maximum atomic E-state index is 11.4. The Balaban J connectivity index is 2.89. The number of carbonyl (C=O) groups is 1. The van der Waals surface area contributed by atoms with Crippen molar-refractivity contribution in [3.63, 3.8) is 0 Å². The normalized spacial score (nSPS) is 12.8. The van der Waals surface area contributed by atoms with E-state index in [0.29, 0.717) is 11.8 Å². The van der Waals surface area contributed by atoms with E-state index in [1.807, 2.05) is 0 Å². The highest BCUT2D eigenvalue weighted by Crippen LogP contribution is 2.24. The summed E-state index contributed by atoms with van der Waals surface area (Å²) in [6.45, 7) is 8.53. The lowest BCUT2D eigenvalue weighted by molar-refractivity contribution is -0.119. The standard InChI is InChI=1S/C15H22ClNO/c1-10(2)12-5-7-13(8-6-12)15(11(3)4)17-14(18)9-16/h5-8,10-11,15H,9H2,1-4H3,(H,17,18)/t15-/m0/s1. The van der Waals surface area contributed by atoms with Crippen LogP contribution in [-0.4, -0.2) is 11.8 Å². The molecule has 0 radical (unpaired) electrons. The molecule has 0 heterocycles. The number of carbonyl (C=O) groups excluding carboxylic acids is 1. The van der Waals surface area contributed by atoms with Gasteiger partial charge in [0.15, 0.2) is 0 Å². The minimum Gasteiger partial charge on any atom is -0.348 e. The van der Waals surface area contributed by atoms with Gasteiger partial charge in [0.2, 0.25) is 5.91 Å². The van der Waals surface area contributed by atoms with Crippen LogP contribution in [0.4, 0.5) is 0 Å². The zero-order valence-corrected chi connectivity index (χ0v) is 12.3. The second-order valence-corrected chi connectivity index (χ2v) is 5.51. The van der Waals surface area contributed by atoms with Crippen molar-refractivity contribution in [2.75, 3.05) is 5.88 Å². The highest BCUT2D eigenvalue weighted by Gasteiger charge is 2.17. The molecule has 0 saturated carbocycles. The van der Waals surface area contributed by atoms with Crippen LogP contribution in [0.25, 0.3) is 0 Å². The molecule has 2 nitrogen and oxygen atoms in total. The molecule has 1 atom stereocenters. The number of hydrogen-bond acceptors (Lipinski definition) is 1. The van der Waals surface area contributed by atoms with Crippen LogP contribution in [-0.2, 0) is 4.79 Å². The summed E-state index contributed by atoms with van der Waals surface area (Å²) in [7, 11) is 0. The Labute approximate surface area is 115 Å². The molecule has 0 aliphatic heterocycles. The molecular formula is C15H22ClNO. The van der Waals surface area contributed by atoms with Crippen molar-refractivity contribution in [2.24, 2.45) is 5.92 Å². The fourth-order valence-electron chi connectivity index (χ4n) is 1.94. The van der Waals surface area contributed by atoms with Crippen LogP contribution in [0.2, 0.25) is 0 Å². The summed E-state index contributed by atoms with van der Waals surface area (Å²) in [5.74, 6) is 0.743. The molecule has 1 N–H and O–H groups in total. The molecule has 1 aromatic rings. The van der Waals surface area contributed by atoms with Gasteiger partial charge in [0.05, 0.1) is 6.04 Å². The zero-order valence-electron chi connectivity index (χ0n) is 11.5. The molecule has 0 spiro atoms. The van der Waals surface area contributed by atoms with E-state index in [0.717, 1.165) is 5.56 Å². The van der Waals surface area contributed by atoms with Crippen molar-refractivity contribution < 1.29 is 4.79 Å². The monoisotopic (exact) mass is 267 g/mol. The Morgan fingerprint density at radius 3 is 2.00 bits per heavy atom. The van der Waals surface area contributed by atoms with Gasteiger partial charge in [-0.2, -0.15) is 0 Å². The smallest absolute Gasteiger partial charge is 0.235 e. The van der Waals surface area contributed by atoms with Crippen LogP contribution in [0, 0.1) is 5.92 Å². The quantitative estimate of drug-likeness (QED) is 0.807. The first kappa shape index (κ1) is 15.0. The van der Waals surface area contributed by atoms with E-state index in [1.54, 1.807) is 0 Å². The van der Waals surface area contributed by atoms with E-state index >= 15 is 0 Å². The third kappa shape index (κ3) is 4.02. The Morgan fingerprint density at radius 1 is 1.11 bits per heavy atom. The Morgan fingerprint density at radius 2 is 1.61 bits per heavy atom. The zero-order chi connectivity index (χ0) is 13.7. The molecule has 0 bridgehead atoms. The van der Waals surface area contributed by atoms with Crippen LogP contribution in [0.15, 0.2) is 24.3 Å². The molecule has 0 aliphatic carbocycles. The van der Waals surface area contributed by atoms with Gasteiger partial charge in [0, 0.05) is 0 Å². The first-order valence-corrected chi connectivity index (χ1v) is 6.94. The van der Waals surface area contributed by atoms with E-state index in [9.17, 15) is 4.79 Å². The largest absolute Gasteiger partial charge is 0.348 e. The van der Waals surface area contributed by atoms with E-state index in [2.05, 4.69) is 57.3 Å². The van der Waals surface area contributed by atoms with Crippen molar-refractivity contribution in [3.05, 3.63) is 35.4 Å². The molecule has 1 rings (SSSR count).